The number of esters is 1. The Hall–Kier alpha value is -1.10. The minimum absolute atomic E-state index is 0.00464. The fourth-order valence-electron chi connectivity index (χ4n) is 1.82. The van der Waals surface area contributed by atoms with E-state index in [0.29, 0.717) is 6.61 Å². The van der Waals surface area contributed by atoms with Crippen LogP contribution in [0, 0.1) is 5.92 Å². The molecule has 17 heavy (non-hydrogen) atoms. The molecule has 1 saturated heterocycles. The maximum Gasteiger partial charge on any atom is 0.328 e. The number of carbonyl (C=O) groups excluding carboxylic acids is 2. The average Bonchev–Trinajstić information content (AvgIpc) is 2.35. The van der Waals surface area contributed by atoms with E-state index in [1.807, 2.05) is 13.8 Å². The van der Waals surface area contributed by atoms with Crippen LogP contribution in [-0.2, 0) is 19.1 Å². The fraction of sp³-hybridized carbons (Fsp3) is 0.833. The predicted octanol–water partition coefficient (Wildman–Crippen LogP) is 0.869. The maximum atomic E-state index is 11.9. The second-order valence-electron chi connectivity index (χ2n) is 4.61. The van der Waals surface area contributed by atoms with Crippen LogP contribution in [0.15, 0.2) is 0 Å². The molecule has 1 amide bonds. The van der Waals surface area contributed by atoms with Crippen LogP contribution in [0.1, 0.15) is 33.1 Å². The summed E-state index contributed by atoms with van der Waals surface area (Å²) in [5, 5.41) is 2.70. The van der Waals surface area contributed by atoms with E-state index in [2.05, 4.69) is 10.1 Å². The lowest BCUT2D eigenvalue weighted by Crippen LogP contribution is -2.49. The molecule has 2 atom stereocenters. The Morgan fingerprint density at radius 3 is 2.53 bits per heavy atom. The molecule has 1 aliphatic heterocycles. The van der Waals surface area contributed by atoms with Crippen LogP contribution in [0.2, 0.25) is 0 Å². The Morgan fingerprint density at radius 1 is 1.35 bits per heavy atom. The van der Waals surface area contributed by atoms with Gasteiger partial charge in [0, 0.05) is 6.61 Å². The summed E-state index contributed by atoms with van der Waals surface area (Å²) < 4.78 is 10.0. The summed E-state index contributed by atoms with van der Waals surface area (Å²) in [5.41, 5.74) is 0. The molecule has 0 aromatic heterocycles. The van der Waals surface area contributed by atoms with Crippen molar-refractivity contribution >= 4 is 11.9 Å². The zero-order valence-corrected chi connectivity index (χ0v) is 10.7. The van der Waals surface area contributed by atoms with Crippen LogP contribution in [0.3, 0.4) is 0 Å². The van der Waals surface area contributed by atoms with Gasteiger partial charge in [-0.25, -0.2) is 4.79 Å². The van der Waals surface area contributed by atoms with Gasteiger partial charge < -0.3 is 14.8 Å². The molecule has 1 N–H and O–H groups in total. The lowest BCUT2D eigenvalue weighted by Gasteiger charge is -2.25. The van der Waals surface area contributed by atoms with Crippen LogP contribution in [0.25, 0.3) is 0 Å². The number of rotatable bonds is 4. The Labute approximate surface area is 102 Å². The number of methoxy groups -OCH3 is 1. The smallest absolute Gasteiger partial charge is 0.328 e. The van der Waals surface area contributed by atoms with Gasteiger partial charge in [-0.2, -0.15) is 0 Å². The molecule has 0 aromatic rings. The largest absolute Gasteiger partial charge is 0.467 e. The van der Waals surface area contributed by atoms with Gasteiger partial charge in [0.15, 0.2) is 0 Å². The quantitative estimate of drug-likeness (QED) is 0.744. The normalized spacial score (nSPS) is 22.0. The molecular weight excluding hydrogens is 222 g/mol. The summed E-state index contributed by atoms with van der Waals surface area (Å²) in [5.74, 6) is -0.632. The number of ether oxygens (including phenoxy) is 2. The molecule has 0 aliphatic carbocycles. The summed E-state index contributed by atoms with van der Waals surface area (Å²) in [6.07, 6.45) is 2.28. The van der Waals surface area contributed by atoms with E-state index in [1.165, 1.54) is 7.11 Å². The topological polar surface area (TPSA) is 64.6 Å². The molecule has 5 nitrogen and oxygen atoms in total. The van der Waals surface area contributed by atoms with Gasteiger partial charge in [0.05, 0.1) is 7.11 Å². The summed E-state index contributed by atoms with van der Waals surface area (Å²) in [6.45, 7) is 4.34. The lowest BCUT2D eigenvalue weighted by atomic mass is 10.0. The van der Waals surface area contributed by atoms with Gasteiger partial charge in [-0.1, -0.05) is 13.8 Å². The van der Waals surface area contributed by atoms with Crippen molar-refractivity contribution in [1.29, 1.82) is 0 Å². The van der Waals surface area contributed by atoms with Crippen LogP contribution in [0.4, 0.5) is 0 Å². The van der Waals surface area contributed by atoms with E-state index < -0.39 is 18.1 Å². The van der Waals surface area contributed by atoms with E-state index in [0.717, 1.165) is 19.3 Å². The van der Waals surface area contributed by atoms with Crippen molar-refractivity contribution in [3.05, 3.63) is 0 Å². The second kappa shape index (κ2) is 6.59. The molecule has 98 valence electrons. The SMILES string of the molecule is COC(=O)[C@@H](NC(=O)C1CCCCO1)C(C)C. The van der Waals surface area contributed by atoms with Crippen LogP contribution in [-0.4, -0.2) is 37.7 Å². The van der Waals surface area contributed by atoms with Gasteiger partial charge in [-0.15, -0.1) is 0 Å². The minimum Gasteiger partial charge on any atom is -0.467 e. The van der Waals surface area contributed by atoms with Gasteiger partial charge in [-0.05, 0) is 25.2 Å². The molecule has 1 heterocycles. The minimum atomic E-state index is -0.599. The third-order valence-corrected chi connectivity index (χ3v) is 2.89. The zero-order chi connectivity index (χ0) is 12.8. The van der Waals surface area contributed by atoms with Crippen molar-refractivity contribution in [1.82, 2.24) is 5.32 Å². The molecule has 0 spiro atoms. The Balaban J connectivity index is 2.54. The first-order chi connectivity index (χ1) is 8.06. The first-order valence-electron chi connectivity index (χ1n) is 6.06. The molecular formula is C12H21NO4. The van der Waals surface area contributed by atoms with Crippen molar-refractivity contribution in [3.63, 3.8) is 0 Å². The van der Waals surface area contributed by atoms with E-state index >= 15 is 0 Å². The number of carbonyl (C=O) groups is 2. The van der Waals surface area contributed by atoms with Crippen molar-refractivity contribution in [3.8, 4) is 0 Å². The number of hydrogen-bond acceptors (Lipinski definition) is 4. The first kappa shape index (κ1) is 14.0. The monoisotopic (exact) mass is 243 g/mol. The van der Waals surface area contributed by atoms with E-state index in [9.17, 15) is 9.59 Å². The highest BCUT2D eigenvalue weighted by Gasteiger charge is 2.29. The predicted molar refractivity (Wildman–Crippen MR) is 62.4 cm³/mol. The zero-order valence-electron chi connectivity index (χ0n) is 10.7. The highest BCUT2D eigenvalue weighted by molar-refractivity contribution is 5.87. The molecule has 1 unspecified atom stereocenters. The molecule has 1 aliphatic rings. The second-order valence-corrected chi connectivity index (χ2v) is 4.61. The number of nitrogens with one attached hydrogen (secondary N) is 1. The Morgan fingerprint density at radius 2 is 2.06 bits per heavy atom. The van der Waals surface area contributed by atoms with Gasteiger partial charge in [0.2, 0.25) is 5.91 Å². The third kappa shape index (κ3) is 4.00. The Bertz CT molecular complexity index is 272. The molecule has 1 rings (SSSR count). The van der Waals surface area contributed by atoms with Gasteiger partial charge >= 0.3 is 5.97 Å². The molecule has 0 bridgehead atoms. The average molecular weight is 243 g/mol. The summed E-state index contributed by atoms with van der Waals surface area (Å²) in [6, 6.07) is -0.599. The molecule has 0 aromatic carbocycles. The number of hydrogen-bond donors (Lipinski definition) is 1. The maximum absolute atomic E-state index is 11.9. The van der Waals surface area contributed by atoms with Crippen molar-refractivity contribution in [2.45, 2.75) is 45.3 Å². The molecule has 0 saturated carbocycles. The molecule has 1 fully saturated rings. The van der Waals surface area contributed by atoms with E-state index in [4.69, 9.17) is 4.74 Å². The van der Waals surface area contributed by atoms with E-state index in [1.54, 1.807) is 0 Å². The first-order valence-corrected chi connectivity index (χ1v) is 6.06. The molecule has 5 heteroatoms. The highest BCUT2D eigenvalue weighted by Crippen LogP contribution is 2.13. The standard InChI is InChI=1S/C12H21NO4/c1-8(2)10(12(15)16-3)13-11(14)9-6-4-5-7-17-9/h8-10H,4-7H2,1-3H3,(H,13,14)/t9?,10-/m0/s1. The number of amides is 1. The van der Waals surface area contributed by atoms with E-state index in [-0.39, 0.29) is 11.8 Å². The van der Waals surface area contributed by atoms with Gasteiger partial charge in [0.1, 0.15) is 12.1 Å². The summed E-state index contributed by atoms with van der Waals surface area (Å²) in [7, 11) is 1.32. The van der Waals surface area contributed by atoms with Crippen LogP contribution >= 0.6 is 0 Å². The summed E-state index contributed by atoms with van der Waals surface area (Å²) in [4.78, 5) is 23.4. The van der Waals surface area contributed by atoms with Crippen LogP contribution < -0.4 is 5.32 Å². The van der Waals surface area contributed by atoms with Gasteiger partial charge in [0.25, 0.3) is 0 Å². The lowest BCUT2D eigenvalue weighted by molar-refractivity contribution is -0.149. The van der Waals surface area contributed by atoms with Crippen LogP contribution in [0.5, 0.6) is 0 Å². The Kier molecular flexibility index (Phi) is 5.41. The summed E-state index contributed by atoms with van der Waals surface area (Å²) >= 11 is 0. The molecule has 0 radical (unpaired) electrons. The van der Waals surface area contributed by atoms with Crippen molar-refractivity contribution in [2.24, 2.45) is 5.92 Å². The van der Waals surface area contributed by atoms with Crippen molar-refractivity contribution < 1.29 is 19.1 Å². The van der Waals surface area contributed by atoms with Gasteiger partial charge in [-0.3, -0.25) is 4.79 Å². The third-order valence-electron chi connectivity index (χ3n) is 2.89. The van der Waals surface area contributed by atoms with Crippen molar-refractivity contribution in [2.75, 3.05) is 13.7 Å². The highest BCUT2D eigenvalue weighted by atomic mass is 16.5. The fourth-order valence-corrected chi connectivity index (χ4v) is 1.82.